The highest BCUT2D eigenvalue weighted by Gasteiger charge is 2.07. The van der Waals surface area contributed by atoms with Crippen LogP contribution in [-0.2, 0) is 4.84 Å². The molecule has 2 aromatic rings. The molecule has 2 rings (SSSR count). The van der Waals surface area contributed by atoms with Crippen LogP contribution in [0.1, 0.15) is 15.9 Å². The Labute approximate surface area is 128 Å². The minimum atomic E-state index is -0.607. The fourth-order valence-corrected chi connectivity index (χ4v) is 1.76. The molecule has 0 atom stereocenters. The lowest BCUT2D eigenvalue weighted by atomic mass is 10.2. The van der Waals surface area contributed by atoms with Gasteiger partial charge in [0, 0.05) is 22.2 Å². The molecule has 7 heteroatoms. The van der Waals surface area contributed by atoms with E-state index in [0.29, 0.717) is 11.1 Å². The summed E-state index contributed by atoms with van der Waals surface area (Å²) in [5.41, 5.74) is 0.764. The Kier molecular flexibility index (Phi) is 4.78. The normalized spacial score (nSPS) is 10.5. The molecule has 0 radical (unpaired) electrons. The van der Waals surface area contributed by atoms with Gasteiger partial charge in [-0.15, -0.1) is 0 Å². The average Bonchev–Trinajstić information content (AvgIpc) is 2.48. The number of carbonyl (C=O) groups is 1. The van der Waals surface area contributed by atoms with Gasteiger partial charge in [-0.3, -0.25) is 10.1 Å². The highest BCUT2D eigenvalue weighted by Crippen LogP contribution is 2.13. The number of hydrogen-bond acceptors (Lipinski definition) is 5. The van der Waals surface area contributed by atoms with E-state index >= 15 is 0 Å². The monoisotopic (exact) mass is 348 g/mol. The first-order chi connectivity index (χ1) is 10.1. The van der Waals surface area contributed by atoms with Crippen LogP contribution in [0.15, 0.2) is 58.2 Å². The van der Waals surface area contributed by atoms with Gasteiger partial charge in [0.2, 0.25) is 0 Å². The van der Waals surface area contributed by atoms with Crippen molar-refractivity contribution in [3.63, 3.8) is 0 Å². The largest absolute Gasteiger partial charge is 0.365 e. The summed E-state index contributed by atoms with van der Waals surface area (Å²) < 4.78 is 0.846. The number of non-ortho nitro benzene ring substituents is 1. The van der Waals surface area contributed by atoms with Crippen LogP contribution in [0.4, 0.5) is 5.69 Å². The molecule has 0 aromatic heterocycles. The molecule has 0 saturated heterocycles. The Bertz CT molecular complexity index is 698. The second kappa shape index (κ2) is 6.76. The van der Waals surface area contributed by atoms with Gasteiger partial charge in [0.25, 0.3) is 5.69 Å². The first-order valence-corrected chi connectivity index (χ1v) is 6.60. The van der Waals surface area contributed by atoms with E-state index in [4.69, 9.17) is 4.84 Å². The van der Waals surface area contributed by atoms with E-state index in [9.17, 15) is 14.9 Å². The lowest BCUT2D eigenvalue weighted by molar-refractivity contribution is -0.384. The molecule has 0 heterocycles. The molecular weight excluding hydrogens is 340 g/mol. The zero-order valence-electron chi connectivity index (χ0n) is 10.6. The van der Waals surface area contributed by atoms with E-state index in [-0.39, 0.29) is 5.69 Å². The van der Waals surface area contributed by atoms with Crippen LogP contribution in [0.2, 0.25) is 0 Å². The van der Waals surface area contributed by atoms with Crippen molar-refractivity contribution in [3.05, 3.63) is 74.2 Å². The number of benzene rings is 2. The van der Waals surface area contributed by atoms with Crippen molar-refractivity contribution in [2.24, 2.45) is 5.16 Å². The Morgan fingerprint density at radius 2 is 1.95 bits per heavy atom. The number of nitro benzene ring substituents is 1. The van der Waals surface area contributed by atoms with Crippen molar-refractivity contribution >= 4 is 33.8 Å². The smallest absolute Gasteiger partial charge is 0.313 e. The van der Waals surface area contributed by atoms with E-state index < -0.39 is 10.9 Å². The second-order valence-electron chi connectivity index (χ2n) is 3.97. The van der Waals surface area contributed by atoms with Crippen molar-refractivity contribution < 1.29 is 14.6 Å². The molecule has 0 unspecified atom stereocenters. The first kappa shape index (κ1) is 14.9. The van der Waals surface area contributed by atoms with Crippen molar-refractivity contribution in [1.82, 2.24) is 0 Å². The minimum absolute atomic E-state index is 0.0572. The molecule has 0 fully saturated rings. The van der Waals surface area contributed by atoms with Gasteiger partial charge in [-0.2, -0.15) is 0 Å². The molecule has 2 aromatic carbocycles. The van der Waals surface area contributed by atoms with Crippen molar-refractivity contribution in [2.45, 2.75) is 0 Å². The summed E-state index contributed by atoms with van der Waals surface area (Å²) in [5.74, 6) is -0.607. The van der Waals surface area contributed by atoms with Gasteiger partial charge in [-0.1, -0.05) is 33.2 Å². The number of halogens is 1. The fraction of sp³-hybridized carbons (Fsp3) is 0. The zero-order valence-corrected chi connectivity index (χ0v) is 12.2. The molecule has 0 saturated carbocycles. The summed E-state index contributed by atoms with van der Waals surface area (Å²) in [6, 6.07) is 12.4. The summed E-state index contributed by atoms with van der Waals surface area (Å²) >= 11 is 3.26. The summed E-state index contributed by atoms with van der Waals surface area (Å²) in [5, 5.41) is 14.2. The van der Waals surface area contributed by atoms with E-state index in [2.05, 4.69) is 21.1 Å². The topological polar surface area (TPSA) is 81.8 Å². The summed E-state index contributed by atoms with van der Waals surface area (Å²) in [4.78, 5) is 26.5. The van der Waals surface area contributed by atoms with Gasteiger partial charge >= 0.3 is 5.97 Å². The first-order valence-electron chi connectivity index (χ1n) is 5.81. The Hall–Kier alpha value is -2.54. The number of oxime groups is 1. The quantitative estimate of drug-likeness (QED) is 0.366. The van der Waals surface area contributed by atoms with Gasteiger partial charge in [0.05, 0.1) is 16.7 Å². The maximum Gasteiger partial charge on any atom is 0.365 e. The third-order valence-corrected chi connectivity index (χ3v) is 3.03. The van der Waals surface area contributed by atoms with Gasteiger partial charge < -0.3 is 4.84 Å². The molecule has 0 spiro atoms. The predicted octanol–water partition coefficient (Wildman–Crippen LogP) is 3.55. The Morgan fingerprint density at radius 1 is 1.24 bits per heavy atom. The van der Waals surface area contributed by atoms with Crippen LogP contribution < -0.4 is 0 Å². The van der Waals surface area contributed by atoms with Crippen LogP contribution in [0.25, 0.3) is 0 Å². The van der Waals surface area contributed by atoms with Crippen molar-refractivity contribution in [3.8, 4) is 0 Å². The number of hydrogen-bond donors (Lipinski definition) is 0. The fourth-order valence-electron chi connectivity index (χ4n) is 1.49. The molecule has 0 aliphatic carbocycles. The number of rotatable bonds is 4. The molecule has 21 heavy (non-hydrogen) atoms. The number of nitrogens with zero attached hydrogens (tertiary/aromatic N) is 2. The highest BCUT2D eigenvalue weighted by atomic mass is 79.9. The Balaban J connectivity index is 2.02. The van der Waals surface area contributed by atoms with Gasteiger partial charge in [0.15, 0.2) is 0 Å². The van der Waals surface area contributed by atoms with Crippen molar-refractivity contribution in [1.29, 1.82) is 0 Å². The SMILES string of the molecule is O=C(ON=Cc1cccc([N+](=O)[O-])c1)c1ccc(Br)cc1. The van der Waals surface area contributed by atoms with Crippen LogP contribution >= 0.6 is 15.9 Å². The third kappa shape index (κ3) is 4.22. The van der Waals surface area contributed by atoms with E-state index in [1.165, 1.54) is 24.4 Å². The lowest BCUT2D eigenvalue weighted by Crippen LogP contribution is -2.00. The molecule has 0 amide bonds. The van der Waals surface area contributed by atoms with E-state index in [1.54, 1.807) is 30.3 Å². The predicted molar refractivity (Wildman–Crippen MR) is 80.2 cm³/mol. The van der Waals surface area contributed by atoms with Gasteiger partial charge in [0.1, 0.15) is 0 Å². The molecule has 0 aliphatic rings. The molecule has 0 aliphatic heterocycles. The summed E-state index contributed by atoms with van der Waals surface area (Å²) in [6.45, 7) is 0. The molecule has 106 valence electrons. The zero-order chi connectivity index (χ0) is 15.2. The molecule has 0 bridgehead atoms. The average molecular weight is 349 g/mol. The van der Waals surface area contributed by atoms with Crippen LogP contribution in [-0.4, -0.2) is 17.1 Å². The number of carbonyl (C=O) groups excluding carboxylic acids is 1. The van der Waals surface area contributed by atoms with Crippen molar-refractivity contribution in [2.75, 3.05) is 0 Å². The standard InChI is InChI=1S/C14H9BrN2O4/c15-12-6-4-11(5-7-12)14(18)21-16-9-10-2-1-3-13(8-10)17(19)20/h1-9H. The second-order valence-corrected chi connectivity index (χ2v) is 4.89. The molecule has 0 N–H and O–H groups in total. The maximum absolute atomic E-state index is 11.7. The molecular formula is C14H9BrN2O4. The highest BCUT2D eigenvalue weighted by molar-refractivity contribution is 9.10. The molecule has 6 nitrogen and oxygen atoms in total. The van der Waals surface area contributed by atoms with E-state index in [0.717, 1.165) is 4.47 Å². The maximum atomic E-state index is 11.7. The summed E-state index contributed by atoms with van der Waals surface area (Å²) in [7, 11) is 0. The lowest BCUT2D eigenvalue weighted by Gasteiger charge is -1.98. The van der Waals surface area contributed by atoms with Gasteiger partial charge in [-0.25, -0.2) is 4.79 Å². The summed E-state index contributed by atoms with van der Waals surface area (Å²) in [6.07, 6.45) is 1.24. The minimum Gasteiger partial charge on any atom is -0.313 e. The van der Waals surface area contributed by atoms with Gasteiger partial charge in [-0.05, 0) is 24.3 Å². The third-order valence-electron chi connectivity index (χ3n) is 2.50. The van der Waals surface area contributed by atoms with Crippen LogP contribution in [0, 0.1) is 10.1 Å². The number of nitro groups is 1. The van der Waals surface area contributed by atoms with Crippen LogP contribution in [0.3, 0.4) is 0 Å². The Morgan fingerprint density at radius 3 is 2.62 bits per heavy atom. The van der Waals surface area contributed by atoms with E-state index in [1.807, 2.05) is 0 Å². The van der Waals surface area contributed by atoms with Crippen LogP contribution in [0.5, 0.6) is 0 Å².